The van der Waals surface area contributed by atoms with E-state index in [4.69, 9.17) is 54.6 Å². The maximum absolute atomic E-state index is 10.5. The Morgan fingerprint density at radius 3 is 0.833 bits per heavy atom. The summed E-state index contributed by atoms with van der Waals surface area (Å²) < 4.78 is 63.1. The van der Waals surface area contributed by atoms with Gasteiger partial charge in [0.1, 0.15) is 11.9 Å². The van der Waals surface area contributed by atoms with Crippen molar-refractivity contribution in [1.82, 2.24) is 0 Å². The molecule has 3 aliphatic rings. The van der Waals surface area contributed by atoms with Gasteiger partial charge in [-0.15, -0.1) is 17.2 Å². The average molecular weight is 770 g/mol. The van der Waals surface area contributed by atoms with E-state index in [1.54, 1.807) is 73.9 Å². The Balaban J connectivity index is -0.000000376. The maximum atomic E-state index is 10.5. The number of carboxylic acid groups (broad SMARTS) is 2. The Kier molecular flexibility index (Phi) is 22.7. The predicted octanol–water partition coefficient (Wildman–Crippen LogP) is 4.33. The van der Waals surface area contributed by atoms with Crippen LogP contribution in [0.1, 0.15) is 0 Å². The summed E-state index contributed by atoms with van der Waals surface area (Å²) in [5, 5.41) is 19.9. The van der Waals surface area contributed by atoms with Gasteiger partial charge in [-0.3, -0.25) is 0 Å². The number of rotatable bonds is 0. The van der Waals surface area contributed by atoms with Gasteiger partial charge in [0.05, 0.1) is 0 Å². The van der Waals surface area contributed by atoms with Crippen LogP contribution in [0.3, 0.4) is 0 Å². The fourth-order valence-corrected chi connectivity index (χ4v) is 1.48. The molecular formula is C22H12BiCl3F6O4. The van der Waals surface area contributed by atoms with Crippen LogP contribution in [0.15, 0.2) is 87.0 Å². The Morgan fingerprint density at radius 1 is 0.583 bits per heavy atom. The molecule has 0 fully saturated rings. The van der Waals surface area contributed by atoms with E-state index in [1.165, 1.54) is 0 Å². The van der Waals surface area contributed by atoms with E-state index in [9.17, 15) is 26.3 Å². The van der Waals surface area contributed by atoms with Gasteiger partial charge in [-0.1, -0.05) is 34.8 Å². The fourth-order valence-electron chi connectivity index (χ4n) is 1.10. The second-order valence-electron chi connectivity index (χ2n) is 5.23. The molecule has 0 saturated heterocycles. The standard InChI is InChI=1S/3C6H4Cl.2C2HF3O2.Bi/c3*7-6-4-2-1-3-5-6;2*3-2(4,5)1(6)7;/h3*2-5H;2*(H,6,7);/q;;;;;+2/p-2. The minimum absolute atomic E-state index is 0. The Hall–Kier alpha value is -1.95. The summed E-state index contributed by atoms with van der Waals surface area (Å²) in [6, 6.07) is 0. The molecule has 0 unspecified atom stereocenters. The number of alkyl halides is 6. The molecule has 0 aromatic heterocycles. The van der Waals surface area contributed by atoms with Gasteiger partial charge < -0.3 is 19.8 Å². The van der Waals surface area contributed by atoms with Crippen molar-refractivity contribution in [2.24, 2.45) is 0 Å². The molecule has 14 heteroatoms. The minimum atomic E-state index is -5.19. The normalized spacial score (nSPS) is 14.3. The molecule has 3 rings (SSSR count). The predicted molar refractivity (Wildman–Crippen MR) is 121 cm³/mol. The average Bonchev–Trinajstić information content (AvgIpc) is 2.76. The van der Waals surface area contributed by atoms with Crippen molar-refractivity contribution >= 4 is 72.9 Å². The molecule has 4 nitrogen and oxygen atoms in total. The summed E-state index contributed by atoms with van der Waals surface area (Å²) in [4.78, 5) is 17.6. The first-order valence-corrected chi connectivity index (χ1v) is 9.62. The third kappa shape index (κ3) is 26.7. The van der Waals surface area contributed by atoms with Crippen molar-refractivity contribution in [1.29, 1.82) is 0 Å². The molecule has 6 radical (unpaired) electrons. The van der Waals surface area contributed by atoms with Gasteiger partial charge in [0.2, 0.25) is 0 Å². The first kappa shape index (κ1) is 38.6. The Labute approximate surface area is 236 Å². The van der Waals surface area contributed by atoms with Crippen molar-refractivity contribution < 1.29 is 46.1 Å². The SMILES string of the molecule is ClC1=CC=C=C[CH]1.ClC1=CC=C=C[CH]1.ClC1=CC=C=C[CH]1.O=C([O-])C(F)(F)F.O=C([O-])C(F)(F)F.[Bi+2]. The van der Waals surface area contributed by atoms with Crippen LogP contribution < -0.4 is 10.2 Å². The molecule has 3 aliphatic carbocycles. The first-order valence-electron chi connectivity index (χ1n) is 8.48. The van der Waals surface area contributed by atoms with Crippen LogP contribution >= 0.6 is 34.8 Å². The molecule has 0 aromatic carbocycles. The number of carbonyl (C=O) groups is 2. The van der Waals surface area contributed by atoms with Gasteiger partial charge in [0.25, 0.3) is 0 Å². The maximum Gasteiger partial charge on any atom is 2.00 e. The van der Waals surface area contributed by atoms with Gasteiger partial charge in [0.15, 0.2) is 0 Å². The molecule has 0 atom stereocenters. The van der Waals surface area contributed by atoms with Crippen LogP contribution in [0, 0.1) is 19.3 Å². The number of halogens is 9. The van der Waals surface area contributed by atoms with Gasteiger partial charge in [-0.05, 0) is 54.7 Å². The summed E-state index contributed by atoms with van der Waals surface area (Å²) in [7, 11) is 0. The molecule has 0 amide bonds. The summed E-state index contributed by atoms with van der Waals surface area (Å²) in [6.45, 7) is 0. The number of carbonyl (C=O) groups excluding carboxylic acids is 2. The monoisotopic (exact) mass is 768 g/mol. The van der Waals surface area contributed by atoms with Crippen LogP contribution in [0.25, 0.3) is 0 Å². The zero-order chi connectivity index (χ0) is 27.5. The van der Waals surface area contributed by atoms with Gasteiger partial charge in [0, 0.05) is 34.4 Å². The summed E-state index contributed by atoms with van der Waals surface area (Å²) in [5.41, 5.74) is 8.55. The van der Waals surface area contributed by atoms with Crippen LogP contribution in [0.5, 0.6) is 0 Å². The third-order valence-corrected chi connectivity index (χ3v) is 3.25. The molecular weight excluding hydrogens is 758 g/mol. The summed E-state index contributed by atoms with van der Waals surface area (Å²) >= 11 is 16.6. The van der Waals surface area contributed by atoms with E-state index >= 15 is 0 Å². The minimum Gasteiger partial charge on any atom is -0.542 e. The van der Waals surface area contributed by atoms with Crippen molar-refractivity contribution in [3.63, 3.8) is 0 Å². The van der Waals surface area contributed by atoms with Crippen LogP contribution in [-0.2, 0) is 9.59 Å². The third-order valence-electron chi connectivity index (χ3n) is 2.50. The second kappa shape index (κ2) is 21.2. The zero-order valence-corrected chi connectivity index (χ0v) is 23.2. The van der Waals surface area contributed by atoms with Crippen molar-refractivity contribution in [3.05, 3.63) is 106 Å². The van der Waals surface area contributed by atoms with Crippen LogP contribution in [-0.4, -0.2) is 50.5 Å². The van der Waals surface area contributed by atoms with Crippen molar-refractivity contribution in [2.75, 3.05) is 0 Å². The fraction of sp³-hybridized carbons (Fsp3) is 0.0909. The second-order valence-corrected chi connectivity index (χ2v) is 6.53. The van der Waals surface area contributed by atoms with E-state index in [0.717, 1.165) is 15.1 Å². The summed E-state index contributed by atoms with van der Waals surface area (Å²) in [5.74, 6) is -6.01. The summed E-state index contributed by atoms with van der Waals surface area (Å²) in [6.07, 6.45) is 11.1. The molecule has 0 spiro atoms. The molecule has 36 heavy (non-hydrogen) atoms. The molecule has 0 heterocycles. The van der Waals surface area contributed by atoms with E-state index in [1.807, 2.05) is 0 Å². The van der Waals surface area contributed by atoms with E-state index in [2.05, 4.69) is 17.2 Å². The number of allylic oxidation sites excluding steroid dienone is 9. The topological polar surface area (TPSA) is 80.3 Å². The van der Waals surface area contributed by atoms with Gasteiger partial charge >= 0.3 is 38.6 Å². The molecule has 0 aromatic rings. The quantitative estimate of drug-likeness (QED) is 0.209. The molecule has 0 bridgehead atoms. The van der Waals surface area contributed by atoms with Gasteiger partial charge in [-0.2, -0.15) is 26.3 Å². The number of aliphatic carboxylic acids is 2. The van der Waals surface area contributed by atoms with E-state index < -0.39 is 24.3 Å². The Bertz CT molecular complexity index is 891. The molecule has 0 aliphatic heterocycles. The molecule has 192 valence electrons. The van der Waals surface area contributed by atoms with E-state index in [-0.39, 0.29) is 26.2 Å². The number of hydrogen-bond donors (Lipinski definition) is 0. The first-order chi connectivity index (χ1) is 16.1. The van der Waals surface area contributed by atoms with Crippen LogP contribution in [0.2, 0.25) is 0 Å². The van der Waals surface area contributed by atoms with Crippen LogP contribution in [0.4, 0.5) is 26.3 Å². The molecule has 0 saturated carbocycles. The van der Waals surface area contributed by atoms with E-state index in [0.29, 0.717) is 0 Å². The van der Waals surface area contributed by atoms with Crippen molar-refractivity contribution in [2.45, 2.75) is 12.4 Å². The Morgan fingerprint density at radius 2 is 0.778 bits per heavy atom. The number of hydrogen-bond acceptors (Lipinski definition) is 4. The molecule has 0 N–H and O–H groups in total. The van der Waals surface area contributed by atoms with Crippen molar-refractivity contribution in [3.8, 4) is 0 Å². The largest absolute Gasteiger partial charge is 2.00 e. The smallest absolute Gasteiger partial charge is 0.542 e. The zero-order valence-electron chi connectivity index (χ0n) is 17.4. The number of carboxylic acids is 2. The van der Waals surface area contributed by atoms with Gasteiger partial charge in [-0.25, -0.2) is 0 Å².